The molecule has 2 fully saturated rings. The van der Waals surface area contributed by atoms with E-state index in [9.17, 15) is 4.79 Å². The Morgan fingerprint density at radius 1 is 1.38 bits per heavy atom. The van der Waals surface area contributed by atoms with Crippen LogP contribution in [0.4, 0.5) is 0 Å². The predicted molar refractivity (Wildman–Crippen MR) is 94.0 cm³/mol. The van der Waals surface area contributed by atoms with Gasteiger partial charge in [-0.25, -0.2) is 0 Å². The number of ketones is 1. The number of benzene rings is 1. The van der Waals surface area contributed by atoms with Crippen molar-refractivity contribution in [1.82, 2.24) is 5.06 Å². The van der Waals surface area contributed by atoms with E-state index < -0.39 is 17.6 Å². The lowest BCUT2D eigenvalue weighted by molar-refractivity contribution is -0.257. The maximum atomic E-state index is 12.6. The van der Waals surface area contributed by atoms with Crippen LogP contribution in [0, 0.1) is 0 Å². The minimum absolute atomic E-state index is 0.0732. The molecule has 0 spiro atoms. The van der Waals surface area contributed by atoms with Crippen LogP contribution in [0.2, 0.25) is 0 Å². The van der Waals surface area contributed by atoms with Crippen molar-refractivity contribution >= 4 is 5.78 Å². The normalized spacial score (nSPS) is 32.6. The minimum Gasteiger partial charge on any atom is -0.472 e. The lowest BCUT2D eigenvalue weighted by Crippen LogP contribution is -2.50. The summed E-state index contributed by atoms with van der Waals surface area (Å²) in [7, 11) is 1.60. The fourth-order valence-electron chi connectivity index (χ4n) is 4.11. The smallest absolute Gasteiger partial charge is 0.203 e. The summed E-state index contributed by atoms with van der Waals surface area (Å²) in [6, 6.07) is 7.55. The predicted octanol–water partition coefficient (Wildman–Crippen LogP) is 2.91. The van der Waals surface area contributed by atoms with Crippen molar-refractivity contribution in [2.75, 3.05) is 13.7 Å². The number of ether oxygens (including phenoxy) is 3. The van der Waals surface area contributed by atoms with Crippen molar-refractivity contribution < 1.29 is 23.8 Å². The summed E-state index contributed by atoms with van der Waals surface area (Å²) in [4.78, 5) is 18.4. The Labute approximate surface area is 152 Å². The van der Waals surface area contributed by atoms with Gasteiger partial charge in [-0.3, -0.25) is 9.63 Å². The van der Waals surface area contributed by atoms with Gasteiger partial charge in [0.15, 0.2) is 11.6 Å². The summed E-state index contributed by atoms with van der Waals surface area (Å²) in [5.41, 5.74) is 0.750. The van der Waals surface area contributed by atoms with E-state index in [1.807, 2.05) is 44.2 Å². The van der Waals surface area contributed by atoms with Gasteiger partial charge in [-0.2, -0.15) is 0 Å². The molecule has 26 heavy (non-hydrogen) atoms. The van der Waals surface area contributed by atoms with Gasteiger partial charge in [0.05, 0.1) is 13.7 Å². The Morgan fingerprint density at radius 2 is 2.15 bits per heavy atom. The van der Waals surface area contributed by atoms with Crippen LogP contribution in [0.5, 0.6) is 0 Å². The SMILES string of the molecule is C=CC[C@]12C(=CC(=O)c3ccccc31)O[C@@H]([C@H]1COC(C)(C)O1)N2OC. The average molecular weight is 357 g/mol. The Morgan fingerprint density at radius 3 is 2.81 bits per heavy atom. The maximum Gasteiger partial charge on any atom is 0.203 e. The first-order chi connectivity index (χ1) is 12.4. The topological polar surface area (TPSA) is 57.2 Å². The molecule has 0 N–H and O–H groups in total. The molecule has 3 atom stereocenters. The number of fused-ring (bicyclic) bond motifs is 3. The van der Waals surface area contributed by atoms with Gasteiger partial charge in [0.1, 0.15) is 17.4 Å². The zero-order chi connectivity index (χ0) is 18.5. The highest BCUT2D eigenvalue weighted by atomic mass is 16.8. The zero-order valence-electron chi connectivity index (χ0n) is 15.2. The van der Waals surface area contributed by atoms with E-state index in [0.717, 1.165) is 5.56 Å². The Balaban J connectivity index is 1.83. The van der Waals surface area contributed by atoms with E-state index >= 15 is 0 Å². The molecule has 4 rings (SSSR count). The van der Waals surface area contributed by atoms with Crippen LogP contribution < -0.4 is 0 Å². The van der Waals surface area contributed by atoms with Gasteiger partial charge >= 0.3 is 0 Å². The molecule has 138 valence electrons. The highest BCUT2D eigenvalue weighted by Gasteiger charge is 2.60. The first kappa shape index (κ1) is 17.4. The van der Waals surface area contributed by atoms with Crippen molar-refractivity contribution in [3.05, 3.63) is 59.9 Å². The third kappa shape index (κ3) is 2.37. The van der Waals surface area contributed by atoms with Gasteiger partial charge in [-0.1, -0.05) is 30.3 Å². The monoisotopic (exact) mass is 357 g/mol. The van der Waals surface area contributed by atoms with E-state index in [1.54, 1.807) is 18.2 Å². The van der Waals surface area contributed by atoms with Crippen LogP contribution in [0.1, 0.15) is 36.2 Å². The second-order valence-electron chi connectivity index (χ2n) is 7.16. The largest absolute Gasteiger partial charge is 0.472 e. The lowest BCUT2D eigenvalue weighted by atomic mass is 9.77. The van der Waals surface area contributed by atoms with Crippen molar-refractivity contribution in [1.29, 1.82) is 0 Å². The molecular formula is C20H23NO5. The van der Waals surface area contributed by atoms with Crippen LogP contribution in [-0.4, -0.2) is 42.7 Å². The molecule has 1 aliphatic carbocycles. The summed E-state index contributed by atoms with van der Waals surface area (Å²) in [5.74, 6) is -0.202. The molecule has 6 nitrogen and oxygen atoms in total. The van der Waals surface area contributed by atoms with E-state index in [1.165, 1.54) is 0 Å². The molecule has 1 aromatic rings. The first-order valence-corrected chi connectivity index (χ1v) is 8.72. The summed E-state index contributed by atoms with van der Waals surface area (Å²) in [6.07, 6.45) is 3.02. The second kappa shape index (κ2) is 6.03. The fraction of sp³-hybridized carbons (Fsp3) is 0.450. The van der Waals surface area contributed by atoms with Crippen LogP contribution in [0.15, 0.2) is 48.8 Å². The molecule has 0 radical (unpaired) electrons. The molecule has 0 amide bonds. The third-order valence-corrected chi connectivity index (χ3v) is 5.15. The van der Waals surface area contributed by atoms with Gasteiger partial charge < -0.3 is 14.2 Å². The Kier molecular flexibility index (Phi) is 4.04. The zero-order valence-corrected chi connectivity index (χ0v) is 15.2. The molecule has 0 saturated carbocycles. The number of rotatable bonds is 4. The highest BCUT2D eigenvalue weighted by Crippen LogP contribution is 2.52. The molecule has 2 aliphatic heterocycles. The quantitative estimate of drug-likeness (QED) is 0.773. The van der Waals surface area contributed by atoms with Crippen LogP contribution in [0.25, 0.3) is 0 Å². The molecular weight excluding hydrogens is 334 g/mol. The number of carbonyl (C=O) groups is 1. The number of hydrogen-bond acceptors (Lipinski definition) is 6. The molecule has 2 heterocycles. The highest BCUT2D eigenvalue weighted by molar-refractivity contribution is 6.08. The average Bonchev–Trinajstić information content (AvgIpc) is 3.13. The molecule has 6 heteroatoms. The summed E-state index contributed by atoms with van der Waals surface area (Å²) in [6.45, 7) is 8.02. The minimum atomic E-state index is -0.748. The van der Waals surface area contributed by atoms with Crippen molar-refractivity contribution in [2.45, 2.75) is 43.9 Å². The van der Waals surface area contributed by atoms with E-state index in [0.29, 0.717) is 24.4 Å². The molecule has 2 saturated heterocycles. The first-order valence-electron chi connectivity index (χ1n) is 8.72. The number of hydrogen-bond donors (Lipinski definition) is 0. The third-order valence-electron chi connectivity index (χ3n) is 5.15. The van der Waals surface area contributed by atoms with Crippen molar-refractivity contribution in [3.8, 4) is 0 Å². The lowest BCUT2D eigenvalue weighted by Gasteiger charge is -2.39. The van der Waals surface area contributed by atoms with Gasteiger partial charge in [0.2, 0.25) is 6.23 Å². The van der Waals surface area contributed by atoms with Gasteiger partial charge in [0.25, 0.3) is 0 Å². The molecule has 0 aromatic heterocycles. The number of allylic oxidation sites excluding steroid dienone is 1. The summed E-state index contributed by atoms with van der Waals surface area (Å²) < 4.78 is 17.9. The van der Waals surface area contributed by atoms with Crippen LogP contribution >= 0.6 is 0 Å². The summed E-state index contributed by atoms with van der Waals surface area (Å²) in [5, 5.41) is 1.78. The number of hydroxylamine groups is 2. The molecule has 0 unspecified atom stereocenters. The maximum absolute atomic E-state index is 12.6. The fourth-order valence-corrected chi connectivity index (χ4v) is 4.11. The number of nitrogens with zero attached hydrogens (tertiary/aromatic N) is 1. The summed E-state index contributed by atoms with van der Waals surface area (Å²) >= 11 is 0. The number of carbonyl (C=O) groups excluding carboxylic acids is 1. The Hall–Kier alpha value is -1.99. The van der Waals surface area contributed by atoms with E-state index in [2.05, 4.69) is 6.58 Å². The van der Waals surface area contributed by atoms with Crippen molar-refractivity contribution in [2.24, 2.45) is 0 Å². The van der Waals surface area contributed by atoms with E-state index in [4.69, 9.17) is 19.0 Å². The molecule has 1 aromatic carbocycles. The molecule has 3 aliphatic rings. The van der Waals surface area contributed by atoms with Crippen LogP contribution in [-0.2, 0) is 24.6 Å². The van der Waals surface area contributed by atoms with Crippen LogP contribution in [0.3, 0.4) is 0 Å². The van der Waals surface area contributed by atoms with Gasteiger partial charge in [0, 0.05) is 11.6 Å². The van der Waals surface area contributed by atoms with Crippen molar-refractivity contribution in [3.63, 3.8) is 0 Å². The molecule has 0 bridgehead atoms. The van der Waals surface area contributed by atoms with E-state index in [-0.39, 0.29) is 11.9 Å². The second-order valence-corrected chi connectivity index (χ2v) is 7.16. The standard InChI is InChI=1S/C20H23NO5/c1-5-10-20-14-9-7-6-8-13(14)15(22)11-17(20)25-18(21(20)23-4)16-12-24-19(2,3)26-16/h5-9,11,16,18H,1,10,12H2,2-4H3/t16-,18+,20-/m1/s1. The van der Waals surface area contributed by atoms with Gasteiger partial charge in [-0.15, -0.1) is 11.6 Å². The Bertz CT molecular complexity index is 786. The van der Waals surface area contributed by atoms with Gasteiger partial charge in [-0.05, 0) is 25.8 Å².